The number of carbonyl (C=O) groups excluding carboxylic acids is 2. The molecule has 38 heavy (non-hydrogen) atoms. The van der Waals surface area contributed by atoms with Gasteiger partial charge in [-0.05, 0) is 79.1 Å². The van der Waals surface area contributed by atoms with Crippen LogP contribution in [0.25, 0.3) is 16.9 Å². The van der Waals surface area contributed by atoms with Gasteiger partial charge in [-0.2, -0.15) is 5.10 Å². The standard InChI is InChI=1S/C32H34N4O2/c1-18-11-13-23(32(5,6)7)16-26(18)35-17-25-27(31(35)38)29(22-12-14-24(30(33)37)21(4)15-22)36(34-25)28-19(2)9-8-10-20(28)3/h8-16H,17H2,1-7H3,(H2,33,37). The molecular weight excluding hydrogens is 472 g/mol. The number of nitrogens with zero attached hydrogens (tertiary/aromatic N) is 3. The number of hydrogen-bond donors (Lipinski definition) is 1. The van der Waals surface area contributed by atoms with Crippen molar-refractivity contribution in [1.29, 1.82) is 0 Å². The maximum absolute atomic E-state index is 14.2. The summed E-state index contributed by atoms with van der Waals surface area (Å²) in [5.41, 5.74) is 15.9. The van der Waals surface area contributed by atoms with Gasteiger partial charge in [-0.15, -0.1) is 0 Å². The lowest BCUT2D eigenvalue weighted by molar-refractivity contribution is 0.0989. The number of aryl methyl sites for hydroxylation is 4. The molecule has 194 valence electrons. The first-order valence-corrected chi connectivity index (χ1v) is 12.9. The number of anilines is 1. The fourth-order valence-electron chi connectivity index (χ4n) is 5.37. The van der Waals surface area contributed by atoms with E-state index in [1.807, 2.05) is 41.6 Å². The molecule has 3 aromatic carbocycles. The van der Waals surface area contributed by atoms with Crippen LogP contribution in [0, 0.1) is 27.7 Å². The Kier molecular flexibility index (Phi) is 6.02. The maximum Gasteiger partial charge on any atom is 0.262 e. The summed E-state index contributed by atoms with van der Waals surface area (Å²) in [5.74, 6) is -0.544. The summed E-state index contributed by atoms with van der Waals surface area (Å²) < 4.78 is 1.90. The van der Waals surface area contributed by atoms with Crippen LogP contribution >= 0.6 is 0 Å². The predicted octanol–water partition coefficient (Wildman–Crippen LogP) is 6.33. The molecule has 4 aromatic rings. The second-order valence-electron chi connectivity index (χ2n) is 11.4. The molecule has 1 aliphatic rings. The zero-order chi connectivity index (χ0) is 27.5. The molecule has 2 N–H and O–H groups in total. The number of aromatic nitrogens is 2. The van der Waals surface area contributed by atoms with Crippen molar-refractivity contribution in [2.24, 2.45) is 5.73 Å². The second kappa shape index (κ2) is 8.98. The van der Waals surface area contributed by atoms with Crippen molar-refractivity contribution < 1.29 is 9.59 Å². The molecule has 1 aliphatic heterocycles. The number of rotatable bonds is 4. The van der Waals surface area contributed by atoms with Crippen LogP contribution in [0.15, 0.2) is 54.6 Å². The normalized spacial score (nSPS) is 13.2. The SMILES string of the molecule is Cc1cc(-c2c3c(nn2-c2c(C)cccc2C)CN(c2cc(C(C)(C)C)ccc2C)C3=O)ccc1C(N)=O. The average Bonchev–Trinajstić information content (AvgIpc) is 3.34. The Morgan fingerprint density at radius 1 is 0.895 bits per heavy atom. The van der Waals surface area contributed by atoms with Gasteiger partial charge in [0.05, 0.1) is 29.2 Å². The van der Waals surface area contributed by atoms with Gasteiger partial charge in [0.1, 0.15) is 0 Å². The molecule has 0 saturated carbocycles. The molecule has 1 aromatic heterocycles. The van der Waals surface area contributed by atoms with E-state index in [4.69, 9.17) is 10.8 Å². The lowest BCUT2D eigenvalue weighted by Gasteiger charge is -2.25. The molecule has 6 heteroatoms. The topological polar surface area (TPSA) is 81.2 Å². The Hall–Kier alpha value is -4.19. The molecular formula is C32H34N4O2. The molecule has 2 heterocycles. The van der Waals surface area contributed by atoms with Crippen LogP contribution in [0.2, 0.25) is 0 Å². The van der Waals surface area contributed by atoms with Crippen molar-refractivity contribution >= 4 is 17.5 Å². The minimum Gasteiger partial charge on any atom is -0.366 e. The highest BCUT2D eigenvalue weighted by Crippen LogP contribution is 2.40. The fraction of sp³-hybridized carbons (Fsp3) is 0.281. The van der Waals surface area contributed by atoms with E-state index in [9.17, 15) is 9.59 Å². The summed E-state index contributed by atoms with van der Waals surface area (Å²) in [5, 5.41) is 5.04. The summed E-state index contributed by atoms with van der Waals surface area (Å²) in [7, 11) is 0. The largest absolute Gasteiger partial charge is 0.366 e. The van der Waals surface area contributed by atoms with E-state index in [1.54, 1.807) is 6.07 Å². The van der Waals surface area contributed by atoms with E-state index in [-0.39, 0.29) is 11.3 Å². The van der Waals surface area contributed by atoms with Gasteiger partial charge in [-0.3, -0.25) is 9.59 Å². The number of benzene rings is 3. The van der Waals surface area contributed by atoms with E-state index < -0.39 is 5.91 Å². The molecule has 0 atom stereocenters. The van der Waals surface area contributed by atoms with Crippen LogP contribution in [0.5, 0.6) is 0 Å². The highest BCUT2D eigenvalue weighted by atomic mass is 16.2. The van der Waals surface area contributed by atoms with Crippen molar-refractivity contribution in [3.63, 3.8) is 0 Å². The van der Waals surface area contributed by atoms with Gasteiger partial charge >= 0.3 is 0 Å². The van der Waals surface area contributed by atoms with E-state index in [0.29, 0.717) is 17.7 Å². The zero-order valence-electron chi connectivity index (χ0n) is 23.1. The second-order valence-corrected chi connectivity index (χ2v) is 11.4. The van der Waals surface area contributed by atoms with Crippen LogP contribution in [-0.2, 0) is 12.0 Å². The third-order valence-corrected chi connectivity index (χ3v) is 7.51. The molecule has 2 amide bonds. The number of para-hydroxylation sites is 1. The van der Waals surface area contributed by atoms with Crippen molar-refractivity contribution in [1.82, 2.24) is 9.78 Å². The van der Waals surface area contributed by atoms with E-state index in [0.717, 1.165) is 50.6 Å². The van der Waals surface area contributed by atoms with Gasteiger partial charge in [0.2, 0.25) is 5.91 Å². The number of amides is 2. The minimum atomic E-state index is -0.473. The first kappa shape index (κ1) is 25.5. The van der Waals surface area contributed by atoms with Crippen LogP contribution in [-0.4, -0.2) is 21.6 Å². The van der Waals surface area contributed by atoms with Crippen molar-refractivity contribution in [3.05, 3.63) is 99.2 Å². The molecule has 0 fully saturated rings. The van der Waals surface area contributed by atoms with Gasteiger partial charge < -0.3 is 10.6 Å². The molecule has 0 aliphatic carbocycles. The van der Waals surface area contributed by atoms with Gasteiger partial charge in [-0.25, -0.2) is 4.68 Å². The van der Waals surface area contributed by atoms with Gasteiger partial charge in [-0.1, -0.05) is 57.2 Å². The van der Waals surface area contributed by atoms with Crippen molar-refractivity contribution in [3.8, 4) is 16.9 Å². The lowest BCUT2D eigenvalue weighted by Crippen LogP contribution is -2.26. The number of nitrogens with two attached hydrogens (primary N) is 1. The lowest BCUT2D eigenvalue weighted by atomic mass is 9.86. The third-order valence-electron chi connectivity index (χ3n) is 7.51. The molecule has 0 spiro atoms. The number of carbonyl (C=O) groups is 2. The van der Waals surface area contributed by atoms with Crippen molar-refractivity contribution in [2.75, 3.05) is 4.90 Å². The maximum atomic E-state index is 14.2. The Labute approximate surface area is 224 Å². The van der Waals surface area contributed by atoms with Gasteiger partial charge in [0, 0.05) is 16.8 Å². The Morgan fingerprint density at radius 3 is 2.18 bits per heavy atom. The number of primary amides is 1. The van der Waals surface area contributed by atoms with Gasteiger partial charge in [0.25, 0.3) is 5.91 Å². The first-order chi connectivity index (χ1) is 17.9. The summed E-state index contributed by atoms with van der Waals surface area (Å²) >= 11 is 0. The molecule has 5 rings (SSSR count). The van der Waals surface area contributed by atoms with Crippen LogP contribution in [0.1, 0.15) is 75.0 Å². The molecule has 0 unspecified atom stereocenters. The summed E-state index contributed by atoms with van der Waals surface area (Å²) in [6.07, 6.45) is 0. The van der Waals surface area contributed by atoms with Crippen LogP contribution in [0.4, 0.5) is 5.69 Å². The predicted molar refractivity (Wildman–Crippen MR) is 152 cm³/mol. The highest BCUT2D eigenvalue weighted by Gasteiger charge is 2.38. The summed E-state index contributed by atoms with van der Waals surface area (Å²) in [6, 6.07) is 18.0. The monoisotopic (exact) mass is 506 g/mol. The van der Waals surface area contributed by atoms with Crippen LogP contribution < -0.4 is 10.6 Å². The smallest absolute Gasteiger partial charge is 0.262 e. The number of hydrogen-bond acceptors (Lipinski definition) is 3. The average molecular weight is 507 g/mol. The minimum absolute atomic E-state index is 0.0398. The van der Waals surface area contributed by atoms with E-state index in [1.165, 1.54) is 5.56 Å². The quantitative estimate of drug-likeness (QED) is 0.351. The Bertz CT molecular complexity index is 1600. The van der Waals surface area contributed by atoms with E-state index >= 15 is 0 Å². The van der Waals surface area contributed by atoms with Gasteiger partial charge in [0.15, 0.2) is 0 Å². The first-order valence-electron chi connectivity index (χ1n) is 12.9. The molecule has 6 nitrogen and oxygen atoms in total. The Morgan fingerprint density at radius 2 is 1.58 bits per heavy atom. The summed E-state index contributed by atoms with van der Waals surface area (Å²) in [4.78, 5) is 27.9. The number of fused-ring (bicyclic) bond motifs is 1. The Balaban J connectivity index is 1.72. The molecule has 0 bridgehead atoms. The third kappa shape index (κ3) is 4.10. The zero-order valence-corrected chi connectivity index (χ0v) is 23.1. The summed E-state index contributed by atoms with van der Waals surface area (Å²) in [6.45, 7) is 14.9. The van der Waals surface area contributed by atoms with Crippen LogP contribution in [0.3, 0.4) is 0 Å². The molecule has 0 radical (unpaired) electrons. The van der Waals surface area contributed by atoms with E-state index in [2.05, 4.69) is 65.0 Å². The molecule has 0 saturated heterocycles. The fourth-order valence-corrected chi connectivity index (χ4v) is 5.37. The highest BCUT2D eigenvalue weighted by molar-refractivity contribution is 6.14. The van der Waals surface area contributed by atoms with Crippen molar-refractivity contribution in [2.45, 2.75) is 60.4 Å².